The lowest BCUT2D eigenvalue weighted by atomic mass is 9.95. The minimum absolute atomic E-state index is 0.0594. The Morgan fingerprint density at radius 1 is 1.04 bits per heavy atom. The van der Waals surface area contributed by atoms with Gasteiger partial charge in [0.2, 0.25) is 0 Å². The lowest BCUT2D eigenvalue weighted by molar-refractivity contribution is 0.0925. The van der Waals surface area contributed by atoms with Crippen molar-refractivity contribution in [1.29, 1.82) is 0 Å². The summed E-state index contributed by atoms with van der Waals surface area (Å²) in [6.45, 7) is 0. The van der Waals surface area contributed by atoms with Crippen LogP contribution in [0.3, 0.4) is 0 Å². The van der Waals surface area contributed by atoms with Gasteiger partial charge in [-0.05, 0) is 55.3 Å². The molecular weight excluding hydrogens is 400 g/mol. The Bertz CT molecular complexity index is 1040. The Hall–Kier alpha value is -2.38. The van der Waals surface area contributed by atoms with Crippen LogP contribution < -0.4 is 9.62 Å². The van der Waals surface area contributed by atoms with Gasteiger partial charge in [-0.25, -0.2) is 8.42 Å². The zero-order valence-corrected chi connectivity index (χ0v) is 16.6. The molecule has 0 spiro atoms. The number of carbonyl (C=O) groups is 2. The molecule has 1 aliphatic carbocycles. The Balaban J connectivity index is 1.65. The number of nitrogens with zero attached hydrogens (tertiary/aromatic N) is 1. The number of amides is 2. The first-order valence-corrected chi connectivity index (χ1v) is 11.0. The molecule has 0 atom stereocenters. The molecule has 146 valence electrons. The second-order valence-electron chi connectivity index (χ2n) is 7.07. The molecule has 2 aromatic rings. The van der Waals surface area contributed by atoms with E-state index >= 15 is 0 Å². The van der Waals surface area contributed by atoms with Gasteiger partial charge in [-0.3, -0.25) is 9.59 Å². The number of carbonyl (C=O) groups excluding carboxylic acids is 2. The monoisotopic (exact) mass is 418 g/mol. The highest BCUT2D eigenvalue weighted by Crippen LogP contribution is 2.35. The highest BCUT2D eigenvalue weighted by Gasteiger charge is 2.42. The van der Waals surface area contributed by atoms with E-state index < -0.39 is 15.9 Å². The molecule has 1 aliphatic heterocycles. The van der Waals surface area contributed by atoms with Gasteiger partial charge in [0.25, 0.3) is 21.8 Å². The van der Waals surface area contributed by atoms with E-state index in [9.17, 15) is 18.0 Å². The number of rotatable bonds is 3. The average Bonchev–Trinajstić information content (AvgIpc) is 2.89. The summed E-state index contributed by atoms with van der Waals surface area (Å²) in [6.07, 6.45) is 5.18. The summed E-state index contributed by atoms with van der Waals surface area (Å²) in [5.41, 5.74) is 0.502. The molecule has 6 nitrogen and oxygen atoms in total. The first-order valence-electron chi connectivity index (χ1n) is 9.18. The molecule has 2 aliphatic rings. The second-order valence-corrected chi connectivity index (χ2v) is 9.26. The molecule has 2 amide bonds. The number of nitrogens with one attached hydrogen (secondary N) is 1. The van der Waals surface area contributed by atoms with E-state index in [0.717, 1.165) is 30.0 Å². The fourth-order valence-electron chi connectivity index (χ4n) is 3.72. The summed E-state index contributed by atoms with van der Waals surface area (Å²) in [5.74, 6) is -0.959. The van der Waals surface area contributed by atoms with Crippen LogP contribution in [0.5, 0.6) is 0 Å². The summed E-state index contributed by atoms with van der Waals surface area (Å²) < 4.78 is 26.7. The highest BCUT2D eigenvalue weighted by molar-refractivity contribution is 7.94. The number of benzene rings is 2. The molecule has 8 heteroatoms. The summed E-state index contributed by atoms with van der Waals surface area (Å²) in [7, 11) is -4.09. The summed E-state index contributed by atoms with van der Waals surface area (Å²) in [4.78, 5) is 25.1. The van der Waals surface area contributed by atoms with Gasteiger partial charge in [-0.15, -0.1) is 0 Å². The lowest BCUT2D eigenvalue weighted by Gasteiger charge is -2.22. The fourth-order valence-corrected chi connectivity index (χ4v) is 5.47. The number of anilines is 1. The molecule has 4 rings (SSSR count). The molecule has 28 heavy (non-hydrogen) atoms. The van der Waals surface area contributed by atoms with Gasteiger partial charge < -0.3 is 5.32 Å². The van der Waals surface area contributed by atoms with E-state index in [1.807, 2.05) is 0 Å². The smallest absolute Gasteiger partial charge is 0.273 e. The maximum atomic E-state index is 13.0. The van der Waals surface area contributed by atoms with E-state index in [2.05, 4.69) is 5.32 Å². The third kappa shape index (κ3) is 3.29. The van der Waals surface area contributed by atoms with Crippen LogP contribution in [0.4, 0.5) is 5.69 Å². The van der Waals surface area contributed by atoms with Crippen molar-refractivity contribution in [1.82, 2.24) is 5.32 Å². The van der Waals surface area contributed by atoms with Crippen LogP contribution in [-0.4, -0.2) is 26.3 Å². The number of sulfonamides is 1. The molecule has 1 saturated carbocycles. The predicted molar refractivity (Wildman–Crippen MR) is 106 cm³/mol. The third-order valence-electron chi connectivity index (χ3n) is 5.18. The van der Waals surface area contributed by atoms with Gasteiger partial charge in [0.1, 0.15) is 4.90 Å². The van der Waals surface area contributed by atoms with E-state index in [1.165, 1.54) is 48.9 Å². The molecular formula is C20H19ClN2O4S. The highest BCUT2D eigenvalue weighted by atomic mass is 35.5. The minimum atomic E-state index is -4.09. The third-order valence-corrected chi connectivity index (χ3v) is 7.18. The van der Waals surface area contributed by atoms with E-state index in [1.54, 1.807) is 0 Å². The van der Waals surface area contributed by atoms with Crippen LogP contribution in [0.15, 0.2) is 47.4 Å². The Morgan fingerprint density at radius 3 is 2.39 bits per heavy atom. The maximum absolute atomic E-state index is 13.0. The Morgan fingerprint density at radius 2 is 1.71 bits per heavy atom. The van der Waals surface area contributed by atoms with Crippen molar-refractivity contribution in [3.8, 4) is 0 Å². The van der Waals surface area contributed by atoms with Crippen molar-refractivity contribution in [3.05, 3.63) is 58.6 Å². The summed E-state index contributed by atoms with van der Waals surface area (Å²) in [6, 6.07) is 10.3. The molecule has 0 bridgehead atoms. The van der Waals surface area contributed by atoms with Gasteiger partial charge in [0, 0.05) is 16.6 Å². The van der Waals surface area contributed by atoms with E-state index in [0.29, 0.717) is 5.02 Å². The molecule has 0 unspecified atom stereocenters. The van der Waals surface area contributed by atoms with Crippen molar-refractivity contribution in [2.24, 2.45) is 0 Å². The molecule has 0 radical (unpaired) electrons. The summed E-state index contributed by atoms with van der Waals surface area (Å²) in [5, 5.41) is 3.40. The van der Waals surface area contributed by atoms with E-state index in [4.69, 9.17) is 11.6 Å². The van der Waals surface area contributed by atoms with Crippen LogP contribution in [0.2, 0.25) is 5.02 Å². The quantitative estimate of drug-likeness (QED) is 0.822. The lowest BCUT2D eigenvalue weighted by Crippen LogP contribution is -2.36. The van der Waals surface area contributed by atoms with Crippen LogP contribution in [0, 0.1) is 0 Å². The maximum Gasteiger partial charge on any atom is 0.273 e. The molecule has 1 heterocycles. The Labute approximate surface area is 168 Å². The van der Waals surface area contributed by atoms with Gasteiger partial charge in [0.15, 0.2) is 0 Å². The fraction of sp³-hybridized carbons (Fsp3) is 0.300. The van der Waals surface area contributed by atoms with E-state index in [-0.39, 0.29) is 33.7 Å². The molecule has 2 aromatic carbocycles. The van der Waals surface area contributed by atoms with Crippen molar-refractivity contribution in [2.45, 2.75) is 43.0 Å². The van der Waals surface area contributed by atoms with Crippen LogP contribution >= 0.6 is 11.6 Å². The number of hydrogen-bond donors (Lipinski definition) is 1. The Kier molecular flexibility index (Phi) is 4.89. The van der Waals surface area contributed by atoms with Crippen LogP contribution in [0.25, 0.3) is 0 Å². The molecule has 1 fully saturated rings. The topological polar surface area (TPSA) is 83.6 Å². The van der Waals surface area contributed by atoms with Gasteiger partial charge in [0.05, 0.1) is 11.3 Å². The molecule has 0 saturated heterocycles. The van der Waals surface area contributed by atoms with Crippen molar-refractivity contribution in [3.63, 3.8) is 0 Å². The average molecular weight is 419 g/mol. The zero-order valence-electron chi connectivity index (χ0n) is 15.0. The largest absolute Gasteiger partial charge is 0.349 e. The minimum Gasteiger partial charge on any atom is -0.349 e. The van der Waals surface area contributed by atoms with Crippen molar-refractivity contribution < 1.29 is 18.0 Å². The number of hydrogen-bond acceptors (Lipinski definition) is 4. The normalized spacial score (nSPS) is 18.8. The van der Waals surface area contributed by atoms with Crippen molar-refractivity contribution in [2.75, 3.05) is 4.31 Å². The van der Waals surface area contributed by atoms with Gasteiger partial charge >= 0.3 is 0 Å². The van der Waals surface area contributed by atoms with Crippen molar-refractivity contribution >= 4 is 39.1 Å². The number of halogens is 1. The second kappa shape index (κ2) is 7.22. The predicted octanol–water partition coefficient (Wildman–Crippen LogP) is 3.75. The first-order chi connectivity index (χ1) is 13.4. The summed E-state index contributed by atoms with van der Waals surface area (Å²) >= 11 is 5.85. The number of fused-ring (bicyclic) bond motifs is 1. The SMILES string of the molecule is O=C(NC1CCCCC1)c1ccc2c(c1)S(=O)(=O)N(c1ccc(Cl)cc1)C2=O. The molecule has 1 N–H and O–H groups in total. The van der Waals surface area contributed by atoms with Gasteiger partial charge in [-0.2, -0.15) is 4.31 Å². The zero-order chi connectivity index (χ0) is 19.9. The molecule has 0 aromatic heterocycles. The van der Waals surface area contributed by atoms with Gasteiger partial charge in [-0.1, -0.05) is 30.9 Å². The first kappa shape index (κ1) is 19.0. The standard InChI is InChI=1S/C20H19ClN2O4S/c21-14-7-9-16(10-8-14)23-20(25)17-11-6-13(12-18(17)28(23,26)27)19(24)22-15-4-2-1-3-5-15/h6-12,15H,1-5H2,(H,22,24). The van der Waals surface area contributed by atoms with Crippen LogP contribution in [0.1, 0.15) is 52.8 Å². The van der Waals surface area contributed by atoms with Crippen LogP contribution in [-0.2, 0) is 10.0 Å².